The lowest BCUT2D eigenvalue weighted by Gasteiger charge is -2.47. The van der Waals surface area contributed by atoms with Crippen molar-refractivity contribution in [2.24, 2.45) is 17.8 Å². The predicted molar refractivity (Wildman–Crippen MR) is 150 cm³/mol. The molecule has 0 saturated heterocycles. The molecule has 3 saturated carbocycles. The number of esters is 2. The van der Waals surface area contributed by atoms with Crippen LogP contribution in [-0.4, -0.2) is 31.0 Å². The quantitative estimate of drug-likeness (QED) is 0.140. The van der Waals surface area contributed by atoms with Crippen LogP contribution in [-0.2, 0) is 19.1 Å². The second-order valence-corrected chi connectivity index (χ2v) is 13.9. The summed E-state index contributed by atoms with van der Waals surface area (Å²) in [7, 11) is 0. The van der Waals surface area contributed by atoms with Crippen LogP contribution in [0.15, 0.2) is 0 Å². The lowest BCUT2D eigenvalue weighted by atomic mass is 9.63. The molecular formula is C27H44I2O4. The van der Waals surface area contributed by atoms with Crippen LogP contribution in [0.4, 0.5) is 0 Å². The molecule has 0 bridgehead atoms. The van der Waals surface area contributed by atoms with Crippen LogP contribution in [0.1, 0.15) is 117 Å². The van der Waals surface area contributed by atoms with Gasteiger partial charge in [0.2, 0.25) is 0 Å². The summed E-state index contributed by atoms with van der Waals surface area (Å²) in [6.07, 6.45) is 16.3. The zero-order valence-electron chi connectivity index (χ0n) is 20.9. The first-order valence-corrected chi connectivity index (χ1v) is 16.0. The highest BCUT2D eigenvalue weighted by atomic mass is 127. The van der Waals surface area contributed by atoms with Crippen molar-refractivity contribution in [3.63, 3.8) is 0 Å². The van der Waals surface area contributed by atoms with Crippen LogP contribution in [0.25, 0.3) is 0 Å². The molecule has 6 unspecified atom stereocenters. The van der Waals surface area contributed by atoms with E-state index in [1.807, 2.05) is 0 Å². The first-order chi connectivity index (χ1) is 15.8. The van der Waals surface area contributed by atoms with E-state index in [0.29, 0.717) is 17.8 Å². The summed E-state index contributed by atoms with van der Waals surface area (Å²) >= 11 is 4.47. The number of rotatable bonds is 9. The maximum atomic E-state index is 12.8. The molecule has 3 fully saturated rings. The largest absolute Gasteiger partial charge is 0.458 e. The van der Waals surface area contributed by atoms with Crippen LogP contribution in [0.3, 0.4) is 0 Å². The van der Waals surface area contributed by atoms with Gasteiger partial charge in [0.1, 0.15) is 19.1 Å². The Bertz CT molecular complexity index is 663. The SMILES string of the molecule is CCC(I)C(=O)OC1(CC)CCCC(C2CCCC(C3(OC(=O)C(I)CC)CCCC3)C2)C1. The zero-order valence-corrected chi connectivity index (χ0v) is 25.2. The average molecular weight is 686 g/mol. The molecule has 4 nitrogen and oxygen atoms in total. The van der Waals surface area contributed by atoms with E-state index in [1.54, 1.807) is 0 Å². The van der Waals surface area contributed by atoms with E-state index in [-0.39, 0.29) is 31.0 Å². The Morgan fingerprint density at radius 1 is 0.818 bits per heavy atom. The molecule has 3 aliphatic rings. The standard InChI is InChI=1S/C27H44I2O4/c1-4-22(28)24(30)32-26(6-3)14-10-12-20(18-26)19-11-9-13-21(17-19)27(15-7-8-16-27)33-25(31)23(29)5-2/h19-23H,4-18H2,1-3H3. The van der Waals surface area contributed by atoms with Gasteiger partial charge in [-0.05, 0) is 101 Å². The van der Waals surface area contributed by atoms with Crippen molar-refractivity contribution in [1.82, 2.24) is 0 Å². The molecule has 0 radical (unpaired) electrons. The number of hydrogen-bond acceptors (Lipinski definition) is 4. The van der Waals surface area contributed by atoms with Crippen molar-refractivity contribution in [3.8, 4) is 0 Å². The molecule has 190 valence electrons. The smallest absolute Gasteiger partial charge is 0.319 e. The fourth-order valence-electron chi connectivity index (χ4n) is 6.83. The molecule has 3 aliphatic carbocycles. The number of ether oxygens (including phenoxy) is 2. The number of carbonyl (C=O) groups is 2. The molecule has 0 aromatic heterocycles. The summed E-state index contributed by atoms with van der Waals surface area (Å²) in [6.45, 7) is 6.30. The van der Waals surface area contributed by atoms with Crippen LogP contribution in [0.2, 0.25) is 0 Å². The van der Waals surface area contributed by atoms with Gasteiger partial charge in [-0.15, -0.1) is 0 Å². The highest BCUT2D eigenvalue weighted by Crippen LogP contribution is 2.51. The van der Waals surface area contributed by atoms with E-state index in [4.69, 9.17) is 9.47 Å². The number of carbonyl (C=O) groups excluding carboxylic acids is 2. The molecule has 0 heterocycles. The minimum atomic E-state index is -0.279. The van der Waals surface area contributed by atoms with Gasteiger partial charge in [0.15, 0.2) is 0 Å². The van der Waals surface area contributed by atoms with Gasteiger partial charge in [0.05, 0.1) is 0 Å². The van der Waals surface area contributed by atoms with E-state index in [2.05, 4.69) is 66.0 Å². The summed E-state index contributed by atoms with van der Waals surface area (Å²) in [6, 6.07) is 0. The van der Waals surface area contributed by atoms with E-state index >= 15 is 0 Å². The van der Waals surface area contributed by atoms with Gasteiger partial charge in [0.25, 0.3) is 0 Å². The first-order valence-electron chi connectivity index (χ1n) is 13.5. The lowest BCUT2D eigenvalue weighted by molar-refractivity contribution is -0.169. The third-order valence-corrected chi connectivity index (χ3v) is 11.7. The van der Waals surface area contributed by atoms with E-state index in [1.165, 1.54) is 44.9 Å². The van der Waals surface area contributed by atoms with Crippen molar-refractivity contribution >= 4 is 57.1 Å². The van der Waals surface area contributed by atoms with Gasteiger partial charge in [-0.3, -0.25) is 9.59 Å². The number of hydrogen-bond donors (Lipinski definition) is 0. The van der Waals surface area contributed by atoms with E-state index in [9.17, 15) is 9.59 Å². The normalized spacial score (nSPS) is 33.8. The Morgan fingerprint density at radius 3 is 2.03 bits per heavy atom. The third-order valence-electron chi connectivity index (χ3n) is 8.91. The molecule has 33 heavy (non-hydrogen) atoms. The molecule has 0 aromatic rings. The van der Waals surface area contributed by atoms with Gasteiger partial charge in [-0.2, -0.15) is 0 Å². The second-order valence-electron chi connectivity index (χ2n) is 10.9. The topological polar surface area (TPSA) is 52.6 Å². The fraction of sp³-hybridized carbons (Fsp3) is 0.926. The Kier molecular flexibility index (Phi) is 10.7. The molecule has 0 aliphatic heterocycles. The minimum Gasteiger partial charge on any atom is -0.458 e. The summed E-state index contributed by atoms with van der Waals surface area (Å²) in [5.41, 5.74) is -0.508. The first kappa shape index (κ1) is 28.0. The Hall–Kier alpha value is 0.400. The summed E-state index contributed by atoms with van der Waals surface area (Å²) in [5, 5.41) is 0. The Balaban J connectivity index is 1.69. The zero-order chi connectivity index (χ0) is 24.1. The average Bonchev–Trinajstić information content (AvgIpc) is 3.32. The molecule has 3 rings (SSSR count). The number of alkyl halides is 2. The maximum Gasteiger partial charge on any atom is 0.319 e. The van der Waals surface area contributed by atoms with Gasteiger partial charge < -0.3 is 9.47 Å². The minimum absolute atomic E-state index is 0.000907. The van der Waals surface area contributed by atoms with Crippen molar-refractivity contribution in [3.05, 3.63) is 0 Å². The molecule has 0 N–H and O–H groups in total. The van der Waals surface area contributed by atoms with E-state index < -0.39 is 0 Å². The van der Waals surface area contributed by atoms with E-state index in [0.717, 1.165) is 51.4 Å². The van der Waals surface area contributed by atoms with Crippen molar-refractivity contribution in [2.45, 2.75) is 136 Å². The van der Waals surface area contributed by atoms with Gasteiger partial charge >= 0.3 is 11.9 Å². The Labute approximate surface area is 228 Å². The maximum absolute atomic E-state index is 12.8. The monoisotopic (exact) mass is 686 g/mol. The molecule has 0 spiro atoms. The molecule has 6 heteroatoms. The van der Waals surface area contributed by atoms with Crippen LogP contribution < -0.4 is 0 Å². The Morgan fingerprint density at radius 2 is 1.42 bits per heavy atom. The fourth-order valence-corrected chi connectivity index (χ4v) is 7.09. The van der Waals surface area contributed by atoms with Crippen LogP contribution >= 0.6 is 45.2 Å². The third kappa shape index (κ3) is 6.79. The number of halogens is 2. The predicted octanol–water partition coefficient (Wildman–Crippen LogP) is 7.96. The molecular weight excluding hydrogens is 642 g/mol. The summed E-state index contributed by atoms with van der Waals surface area (Å²) in [4.78, 5) is 25.4. The lowest BCUT2D eigenvalue weighted by Crippen LogP contribution is -2.46. The van der Waals surface area contributed by atoms with Gasteiger partial charge in [-0.25, -0.2) is 0 Å². The van der Waals surface area contributed by atoms with Gasteiger partial charge in [-0.1, -0.05) is 78.8 Å². The van der Waals surface area contributed by atoms with Crippen molar-refractivity contribution in [1.29, 1.82) is 0 Å². The molecule has 0 aromatic carbocycles. The van der Waals surface area contributed by atoms with Crippen LogP contribution in [0, 0.1) is 17.8 Å². The van der Waals surface area contributed by atoms with Crippen molar-refractivity contribution < 1.29 is 19.1 Å². The van der Waals surface area contributed by atoms with Gasteiger partial charge in [0, 0.05) is 0 Å². The summed E-state index contributed by atoms with van der Waals surface area (Å²) < 4.78 is 12.5. The second kappa shape index (κ2) is 12.6. The van der Waals surface area contributed by atoms with Crippen molar-refractivity contribution in [2.75, 3.05) is 0 Å². The highest BCUT2D eigenvalue weighted by molar-refractivity contribution is 14.1. The molecule has 0 amide bonds. The highest BCUT2D eigenvalue weighted by Gasteiger charge is 2.49. The molecule has 6 atom stereocenters. The van der Waals surface area contributed by atoms with Crippen LogP contribution in [0.5, 0.6) is 0 Å². The summed E-state index contributed by atoms with van der Waals surface area (Å²) in [5.74, 6) is 1.74.